The maximum Gasteiger partial charge on any atom is 0 e. The Bertz CT molecular complexity index is 39.4. The third-order valence-corrected chi connectivity index (χ3v) is 0. The zero-order valence-corrected chi connectivity index (χ0v) is 5.89. The molecule has 22 valence electrons. The smallest absolute Gasteiger partial charge is 0 e. The van der Waals surface area contributed by atoms with Gasteiger partial charge in [-0.05, 0) is 0 Å². The zero-order chi connectivity index (χ0) is 4.71. The fourth-order valence-corrected chi connectivity index (χ4v) is 0. The van der Waals surface area contributed by atoms with Crippen LogP contribution in [0.3, 0.4) is 0 Å². The predicted octanol–water partition coefficient (Wildman–Crippen LogP) is -0.297. The molecule has 0 aromatic heterocycles. The van der Waals surface area contributed by atoms with Crippen LogP contribution in [0.4, 0.5) is 0 Å². The summed E-state index contributed by atoms with van der Waals surface area (Å²) in [6.07, 6.45) is 0. The second-order valence-corrected chi connectivity index (χ2v) is 0.922. The molecule has 0 fully saturated rings. The second-order valence-electron chi connectivity index (χ2n) is 0.224. The van der Waals surface area contributed by atoms with Crippen LogP contribution in [0.5, 0.6) is 0 Å². The van der Waals surface area contributed by atoms with Crippen LogP contribution in [0.15, 0.2) is 0 Å². The molecule has 0 aliphatic carbocycles. The van der Waals surface area contributed by atoms with Crippen LogP contribution in [0, 0.1) is 15.4 Å². The van der Waals surface area contributed by atoms with Crippen LogP contribution in [0.1, 0.15) is 0 Å². The van der Waals surface area contributed by atoms with Gasteiger partial charge in [0.15, 0.2) is 0 Å². The van der Waals surface area contributed by atoms with E-state index < -0.39 is 0 Å². The molecule has 0 saturated heterocycles. The minimum atomic E-state index is 0.410. The molecular weight excluding hydrogens is 97.1 g/mol. The van der Waals surface area contributed by atoms with Crippen molar-refractivity contribution in [2.75, 3.05) is 0 Å². The van der Waals surface area contributed by atoms with Crippen molar-refractivity contribution >= 4 is 49.0 Å². The first-order valence-electron chi connectivity index (χ1n) is 0.890. The summed E-state index contributed by atoms with van der Waals surface area (Å²) in [5.74, 6) is 0. The molecule has 0 saturated carbocycles. The molecule has 0 atom stereocenters. The van der Waals surface area contributed by atoms with Gasteiger partial charge in [-0.25, -0.2) is 0 Å². The summed E-state index contributed by atoms with van der Waals surface area (Å²) in [6.45, 7) is 0. The van der Waals surface area contributed by atoms with Gasteiger partial charge in [-0.3, -0.25) is 0 Å². The molecule has 0 unspecified atom stereocenters. The van der Waals surface area contributed by atoms with Crippen LogP contribution in [-0.4, -0.2) is 49.0 Å². The van der Waals surface area contributed by atoms with Crippen molar-refractivity contribution in [2.45, 2.75) is 0 Å². The molecule has 0 aromatic carbocycles. The van der Waals surface area contributed by atoms with E-state index in [1.165, 1.54) is 0 Å². The molecule has 0 aliphatic rings. The molecule has 0 heterocycles. The van der Waals surface area contributed by atoms with E-state index in [1.54, 1.807) is 0 Å². The quantitative estimate of drug-likeness (QED) is 0.390. The maximum atomic E-state index is 7.40. The van der Waals surface area contributed by atoms with Crippen molar-refractivity contribution in [2.24, 2.45) is 0 Å². The van der Waals surface area contributed by atoms with E-state index in [9.17, 15) is 0 Å². The Morgan fingerprint density at radius 2 is 1.60 bits per heavy atom. The van der Waals surface area contributed by atoms with Gasteiger partial charge in [-0.1, -0.05) is 0 Å². The Morgan fingerprint density at radius 3 is 1.60 bits per heavy atom. The average molecular weight is 97.1 g/mol. The molecule has 0 N–H and O–H groups in total. The first-order valence-corrected chi connectivity index (χ1v) is 2.45. The molecule has 0 amide bonds. The summed E-state index contributed by atoms with van der Waals surface area (Å²) in [5, 5.41) is 7.40. The Kier molecular flexibility index (Phi) is 40.6. The third kappa shape index (κ3) is 66.6. The molecule has 3 nitrogen and oxygen atoms in total. The Labute approximate surface area is 63.2 Å². The second kappa shape index (κ2) is 22.0. The number of hydrogen-bond acceptors (Lipinski definition) is 3. The molecule has 4 heteroatoms. The molecular formula is CKNO2. The van der Waals surface area contributed by atoms with Gasteiger partial charge in [0.1, 0.15) is 0 Å². The molecule has 5 heavy (non-hydrogen) atoms. The van der Waals surface area contributed by atoms with Gasteiger partial charge in [0.05, 0.1) is 0 Å². The van der Waals surface area contributed by atoms with Gasteiger partial charge in [0.25, 0.3) is 0 Å². The third-order valence-electron chi connectivity index (χ3n) is 0. The normalized spacial score (nSPS) is 2.60. The molecule has 0 aliphatic heterocycles. The number of rotatable bonds is 0. The Hall–Kier alpha value is 0.726. The van der Waals surface area contributed by atoms with E-state index in [-0.39, 0.29) is 0 Å². The minimum Gasteiger partial charge on any atom is 0 e. The summed E-state index contributed by atoms with van der Waals surface area (Å²) in [4.78, 5) is 14.0. The first-order chi connectivity index (χ1) is 2.41. The number of nitriles is 1. The van der Waals surface area contributed by atoms with E-state index >= 15 is 0 Å². The molecule has 0 spiro atoms. The number of hydrogen-bond donors (Lipinski definition) is 0. The number of nitrogens with zero attached hydrogens (tertiary/aromatic N) is 1. The summed E-state index contributed by atoms with van der Waals surface area (Å²) >= 11 is 0.410. The Balaban J connectivity index is 0. The van der Waals surface area contributed by atoms with Gasteiger partial charge in [-0.2, -0.15) is 0 Å². The van der Waals surface area contributed by atoms with E-state index in [2.05, 4.69) is 0 Å². The molecule has 0 bridgehead atoms. The van der Waals surface area contributed by atoms with Crippen molar-refractivity contribution in [3.8, 4) is 0.164 Å². The van der Waals surface area contributed by atoms with Crippen LogP contribution < -0.4 is 0 Å². The summed E-state index contributed by atoms with van der Waals surface area (Å²) in [6, 6.07) is 0. The van der Waals surface area contributed by atoms with E-state index in [0.717, 1.165) is 0 Å². The SMILES string of the molecule is N#[C][K].O=O. The van der Waals surface area contributed by atoms with Gasteiger partial charge < -0.3 is 0 Å². The topological polar surface area (TPSA) is 57.9 Å². The largest absolute Gasteiger partial charge is 0 e. The van der Waals surface area contributed by atoms with E-state index in [0.29, 0.717) is 49.0 Å². The van der Waals surface area contributed by atoms with Gasteiger partial charge >= 0.3 is 54.4 Å². The summed E-state index contributed by atoms with van der Waals surface area (Å²) in [5.41, 5.74) is 0. The average Bonchev–Trinajstić information content (AvgIpc) is 1.46. The van der Waals surface area contributed by atoms with Crippen molar-refractivity contribution in [3.05, 3.63) is 9.93 Å². The van der Waals surface area contributed by atoms with Crippen molar-refractivity contribution < 1.29 is 0 Å². The summed E-state index contributed by atoms with van der Waals surface area (Å²) < 4.78 is 1.94. The van der Waals surface area contributed by atoms with Crippen molar-refractivity contribution in [3.63, 3.8) is 0 Å². The summed E-state index contributed by atoms with van der Waals surface area (Å²) in [7, 11) is 0. The van der Waals surface area contributed by atoms with Gasteiger partial charge in [-0.15, -0.1) is 0 Å². The fourth-order valence-electron chi connectivity index (χ4n) is 0. The standard InChI is InChI=1S/CN.K.O2/c1-2;;1-2. The van der Waals surface area contributed by atoms with E-state index in [1.807, 2.05) is 0.164 Å². The Morgan fingerprint density at radius 1 is 1.60 bits per heavy atom. The molecule has 0 rings (SSSR count). The monoisotopic (exact) mass is 97.0 g/mol. The molecule has 0 aromatic rings. The minimum absolute atomic E-state index is 0.410. The van der Waals surface area contributed by atoms with Crippen LogP contribution >= 0.6 is 0 Å². The van der Waals surface area contributed by atoms with Crippen LogP contribution in [-0.2, 0) is 0 Å². The molecule has 0 radical (unpaired) electrons. The van der Waals surface area contributed by atoms with Crippen molar-refractivity contribution in [1.29, 1.82) is 5.26 Å². The van der Waals surface area contributed by atoms with Crippen molar-refractivity contribution in [1.82, 2.24) is 0 Å². The first kappa shape index (κ1) is 9.21. The van der Waals surface area contributed by atoms with Gasteiger partial charge in [0.2, 0.25) is 0 Å². The predicted molar refractivity (Wildman–Crippen MR) is 18.1 cm³/mol. The maximum absolute atomic E-state index is 7.40. The fraction of sp³-hybridized carbons (Fsp3) is 0. The van der Waals surface area contributed by atoms with Gasteiger partial charge in [0, 0.05) is 9.93 Å². The van der Waals surface area contributed by atoms with Crippen LogP contribution in [0.2, 0.25) is 0 Å². The van der Waals surface area contributed by atoms with Crippen LogP contribution in [0.25, 0.3) is 0 Å². The van der Waals surface area contributed by atoms with E-state index in [4.69, 9.17) is 15.2 Å². The zero-order valence-electron chi connectivity index (χ0n) is 2.76.